The van der Waals surface area contributed by atoms with Crippen LogP contribution in [0.2, 0.25) is 0 Å². The minimum absolute atomic E-state index is 0.404. The number of ether oxygens (including phenoxy) is 1. The highest BCUT2D eigenvalue weighted by Gasteiger charge is 2.04. The second-order valence-corrected chi connectivity index (χ2v) is 5.51. The van der Waals surface area contributed by atoms with Gasteiger partial charge in [-0.05, 0) is 48.7 Å². The molecule has 0 radical (unpaired) electrons. The second-order valence-electron chi connectivity index (χ2n) is 5.51. The van der Waals surface area contributed by atoms with Gasteiger partial charge in [0, 0.05) is 11.3 Å². The summed E-state index contributed by atoms with van der Waals surface area (Å²) >= 11 is 0. The fourth-order valence-electron chi connectivity index (χ4n) is 2.01. The summed E-state index contributed by atoms with van der Waals surface area (Å²) in [6.07, 6.45) is 0.404. The van der Waals surface area contributed by atoms with E-state index in [2.05, 4.69) is 24.9 Å². The Morgan fingerprint density at radius 1 is 1.14 bits per heavy atom. The summed E-state index contributed by atoms with van der Waals surface area (Å²) in [6, 6.07) is 14.1. The van der Waals surface area contributed by atoms with Crippen molar-refractivity contribution in [2.75, 3.05) is 6.61 Å². The van der Waals surface area contributed by atoms with Crippen LogP contribution < -0.4 is 4.74 Å². The zero-order valence-corrected chi connectivity index (χ0v) is 12.8. The number of rotatable bonds is 5. The standard InChI is InChI=1S/C18H20N2O/c1-13(2)12-21-17-7-4-16(5-8-17)18-9-6-15(10-11-19)14(3)20-18/h4-9,13H,10,12H2,1-3H3. The van der Waals surface area contributed by atoms with Crippen LogP contribution in [0.4, 0.5) is 0 Å². The minimum Gasteiger partial charge on any atom is -0.493 e. The average molecular weight is 280 g/mol. The lowest BCUT2D eigenvalue weighted by atomic mass is 10.1. The molecule has 0 amide bonds. The molecule has 0 saturated heterocycles. The molecule has 0 unspecified atom stereocenters. The third-order valence-electron chi connectivity index (χ3n) is 3.20. The Bertz CT molecular complexity index is 639. The van der Waals surface area contributed by atoms with E-state index in [4.69, 9.17) is 10.00 Å². The highest BCUT2D eigenvalue weighted by molar-refractivity contribution is 5.60. The van der Waals surface area contributed by atoms with Gasteiger partial charge in [0.1, 0.15) is 5.75 Å². The third-order valence-corrected chi connectivity index (χ3v) is 3.20. The van der Waals surface area contributed by atoms with Gasteiger partial charge in [-0.3, -0.25) is 4.98 Å². The second kappa shape index (κ2) is 6.90. The zero-order valence-electron chi connectivity index (χ0n) is 12.8. The molecule has 1 aromatic heterocycles. The van der Waals surface area contributed by atoms with Crippen molar-refractivity contribution in [1.82, 2.24) is 4.98 Å². The van der Waals surface area contributed by atoms with E-state index in [1.165, 1.54) is 0 Å². The lowest BCUT2D eigenvalue weighted by Crippen LogP contribution is -2.04. The van der Waals surface area contributed by atoms with Crippen LogP contribution in [-0.2, 0) is 6.42 Å². The molecular weight excluding hydrogens is 260 g/mol. The van der Waals surface area contributed by atoms with Gasteiger partial charge < -0.3 is 4.74 Å². The van der Waals surface area contributed by atoms with Gasteiger partial charge in [0.05, 0.1) is 24.8 Å². The molecule has 21 heavy (non-hydrogen) atoms. The topological polar surface area (TPSA) is 45.9 Å². The van der Waals surface area contributed by atoms with Crippen molar-refractivity contribution < 1.29 is 4.74 Å². The number of pyridine rings is 1. The van der Waals surface area contributed by atoms with Crippen molar-refractivity contribution in [2.24, 2.45) is 5.92 Å². The van der Waals surface area contributed by atoms with E-state index in [0.717, 1.165) is 34.9 Å². The predicted octanol–water partition coefficient (Wildman–Crippen LogP) is 4.16. The fourth-order valence-corrected chi connectivity index (χ4v) is 2.01. The SMILES string of the molecule is Cc1nc(-c2ccc(OCC(C)C)cc2)ccc1CC#N. The zero-order chi connectivity index (χ0) is 15.2. The van der Waals surface area contributed by atoms with Crippen LogP contribution in [0.3, 0.4) is 0 Å². The largest absolute Gasteiger partial charge is 0.493 e. The summed E-state index contributed by atoms with van der Waals surface area (Å²) < 4.78 is 5.68. The Morgan fingerprint density at radius 3 is 2.43 bits per heavy atom. The van der Waals surface area contributed by atoms with Crippen LogP contribution in [0, 0.1) is 24.2 Å². The summed E-state index contributed by atoms with van der Waals surface area (Å²) in [5.41, 5.74) is 3.87. The van der Waals surface area contributed by atoms with Crippen LogP contribution in [0.25, 0.3) is 11.3 Å². The number of aryl methyl sites for hydroxylation is 1. The van der Waals surface area contributed by atoms with E-state index in [1.807, 2.05) is 43.3 Å². The number of hydrogen-bond donors (Lipinski definition) is 0. The Kier molecular flexibility index (Phi) is 4.94. The Hall–Kier alpha value is -2.34. The molecule has 3 heteroatoms. The van der Waals surface area contributed by atoms with Crippen LogP contribution in [0.5, 0.6) is 5.75 Å². The van der Waals surface area contributed by atoms with Gasteiger partial charge in [-0.25, -0.2) is 0 Å². The summed E-state index contributed by atoms with van der Waals surface area (Å²) in [5, 5.41) is 8.76. The third kappa shape index (κ3) is 4.06. The van der Waals surface area contributed by atoms with Crippen molar-refractivity contribution in [2.45, 2.75) is 27.2 Å². The highest BCUT2D eigenvalue weighted by atomic mass is 16.5. The number of nitrogens with zero attached hydrogens (tertiary/aromatic N) is 2. The normalized spacial score (nSPS) is 10.4. The molecule has 0 bridgehead atoms. The average Bonchev–Trinajstić information content (AvgIpc) is 2.48. The van der Waals surface area contributed by atoms with Crippen LogP contribution in [0.1, 0.15) is 25.1 Å². The van der Waals surface area contributed by atoms with E-state index in [1.54, 1.807) is 0 Å². The molecule has 2 rings (SSSR count). The quantitative estimate of drug-likeness (QED) is 0.826. The lowest BCUT2D eigenvalue weighted by molar-refractivity contribution is 0.271. The molecule has 0 aliphatic carbocycles. The van der Waals surface area contributed by atoms with Crippen LogP contribution >= 0.6 is 0 Å². The first-order chi connectivity index (χ1) is 10.1. The maximum atomic E-state index is 8.76. The van der Waals surface area contributed by atoms with Gasteiger partial charge in [-0.15, -0.1) is 0 Å². The van der Waals surface area contributed by atoms with E-state index in [-0.39, 0.29) is 0 Å². The molecule has 1 aromatic carbocycles. The predicted molar refractivity (Wildman–Crippen MR) is 84.1 cm³/mol. The van der Waals surface area contributed by atoms with Crippen molar-refractivity contribution >= 4 is 0 Å². The molecule has 0 N–H and O–H groups in total. The molecule has 0 saturated carbocycles. The van der Waals surface area contributed by atoms with Gasteiger partial charge in [-0.1, -0.05) is 19.9 Å². The molecule has 1 heterocycles. The smallest absolute Gasteiger partial charge is 0.119 e. The van der Waals surface area contributed by atoms with Gasteiger partial charge >= 0.3 is 0 Å². The maximum absolute atomic E-state index is 8.76. The van der Waals surface area contributed by atoms with Crippen molar-refractivity contribution in [3.63, 3.8) is 0 Å². The van der Waals surface area contributed by atoms with E-state index >= 15 is 0 Å². The summed E-state index contributed by atoms with van der Waals surface area (Å²) in [7, 11) is 0. The molecule has 0 atom stereocenters. The first-order valence-electron chi connectivity index (χ1n) is 7.17. The Morgan fingerprint density at radius 2 is 1.86 bits per heavy atom. The number of benzene rings is 1. The van der Waals surface area contributed by atoms with Crippen LogP contribution in [0.15, 0.2) is 36.4 Å². The molecule has 0 fully saturated rings. The van der Waals surface area contributed by atoms with Crippen LogP contribution in [-0.4, -0.2) is 11.6 Å². The lowest BCUT2D eigenvalue weighted by Gasteiger charge is -2.10. The fraction of sp³-hybridized carbons (Fsp3) is 0.333. The highest BCUT2D eigenvalue weighted by Crippen LogP contribution is 2.22. The first kappa shape index (κ1) is 15.1. The number of hydrogen-bond acceptors (Lipinski definition) is 3. The van der Waals surface area contributed by atoms with Crippen molar-refractivity contribution in [3.8, 4) is 23.1 Å². The molecule has 108 valence electrons. The minimum atomic E-state index is 0.404. The van der Waals surface area contributed by atoms with E-state index in [9.17, 15) is 0 Å². The van der Waals surface area contributed by atoms with Crippen molar-refractivity contribution in [1.29, 1.82) is 5.26 Å². The number of nitriles is 1. The molecule has 0 aliphatic heterocycles. The molecule has 3 nitrogen and oxygen atoms in total. The molecular formula is C18H20N2O. The van der Waals surface area contributed by atoms with Gasteiger partial charge in [0.25, 0.3) is 0 Å². The Labute approximate surface area is 126 Å². The van der Waals surface area contributed by atoms with Gasteiger partial charge in [-0.2, -0.15) is 5.26 Å². The maximum Gasteiger partial charge on any atom is 0.119 e. The molecule has 0 spiro atoms. The molecule has 2 aromatic rings. The Balaban J connectivity index is 2.15. The van der Waals surface area contributed by atoms with Gasteiger partial charge in [0.2, 0.25) is 0 Å². The van der Waals surface area contributed by atoms with Crippen molar-refractivity contribution in [3.05, 3.63) is 47.7 Å². The number of aromatic nitrogens is 1. The van der Waals surface area contributed by atoms with Gasteiger partial charge in [0.15, 0.2) is 0 Å². The van der Waals surface area contributed by atoms with E-state index in [0.29, 0.717) is 12.3 Å². The first-order valence-corrected chi connectivity index (χ1v) is 7.17. The summed E-state index contributed by atoms with van der Waals surface area (Å²) in [4.78, 5) is 4.57. The summed E-state index contributed by atoms with van der Waals surface area (Å²) in [6.45, 7) is 6.92. The monoisotopic (exact) mass is 280 g/mol. The molecule has 0 aliphatic rings. The summed E-state index contributed by atoms with van der Waals surface area (Å²) in [5.74, 6) is 1.40. The van der Waals surface area contributed by atoms with E-state index < -0.39 is 0 Å².